The summed E-state index contributed by atoms with van der Waals surface area (Å²) in [7, 11) is 1.76. The Hall–Kier alpha value is -2.07. The molecule has 6 nitrogen and oxygen atoms in total. The fraction of sp³-hybridized carbons (Fsp3) is 0.143. The van der Waals surface area contributed by atoms with Crippen LogP contribution in [0.1, 0.15) is 0 Å². The van der Waals surface area contributed by atoms with Gasteiger partial charge in [0.05, 0.1) is 11.2 Å². The van der Waals surface area contributed by atoms with Crippen LogP contribution in [0.2, 0.25) is 0 Å². The molecule has 6 heteroatoms. The molecular formula is C7H6N6. The predicted molar refractivity (Wildman–Crippen MR) is 47.3 cm³/mol. The first-order valence-electron chi connectivity index (χ1n) is 3.66. The minimum atomic E-state index is 0.549. The summed E-state index contributed by atoms with van der Waals surface area (Å²) in [6.07, 6.45) is 0. The predicted octanol–water partition coefficient (Wildman–Crippen LogP) is 1.91. The number of aromatic nitrogens is 3. The first kappa shape index (κ1) is 7.57. The van der Waals surface area contributed by atoms with E-state index in [1.807, 2.05) is 6.07 Å². The molecule has 1 heterocycles. The Labute approximate surface area is 73.4 Å². The Kier molecular flexibility index (Phi) is 1.61. The van der Waals surface area contributed by atoms with Crippen molar-refractivity contribution in [2.24, 2.45) is 12.2 Å². The van der Waals surface area contributed by atoms with E-state index in [4.69, 9.17) is 5.53 Å². The van der Waals surface area contributed by atoms with E-state index < -0.39 is 0 Å². The van der Waals surface area contributed by atoms with Crippen molar-refractivity contribution in [2.45, 2.75) is 0 Å². The summed E-state index contributed by atoms with van der Waals surface area (Å²) in [5, 5.41) is 11.3. The van der Waals surface area contributed by atoms with E-state index >= 15 is 0 Å². The van der Waals surface area contributed by atoms with E-state index in [1.54, 1.807) is 23.9 Å². The van der Waals surface area contributed by atoms with Crippen molar-refractivity contribution in [2.75, 3.05) is 0 Å². The van der Waals surface area contributed by atoms with E-state index in [0.717, 1.165) is 11.0 Å². The molecule has 0 saturated heterocycles. The number of fused-ring (bicyclic) bond motifs is 1. The van der Waals surface area contributed by atoms with Crippen LogP contribution in [-0.2, 0) is 7.05 Å². The van der Waals surface area contributed by atoms with E-state index in [1.165, 1.54) is 0 Å². The van der Waals surface area contributed by atoms with Crippen molar-refractivity contribution in [3.05, 3.63) is 28.6 Å². The SMILES string of the molecule is Cn1nnc2cccc(N=[N+]=[N-])c21. The number of nitrogens with zero attached hydrogens (tertiary/aromatic N) is 6. The van der Waals surface area contributed by atoms with Crippen LogP contribution in [0.5, 0.6) is 0 Å². The van der Waals surface area contributed by atoms with Gasteiger partial charge in [-0.1, -0.05) is 22.5 Å². The van der Waals surface area contributed by atoms with E-state index in [9.17, 15) is 0 Å². The van der Waals surface area contributed by atoms with Gasteiger partial charge in [-0.2, -0.15) is 0 Å². The molecule has 0 fully saturated rings. The van der Waals surface area contributed by atoms with Gasteiger partial charge in [-0.05, 0) is 11.6 Å². The number of para-hydroxylation sites is 1. The zero-order valence-electron chi connectivity index (χ0n) is 6.92. The van der Waals surface area contributed by atoms with Crippen LogP contribution in [0.3, 0.4) is 0 Å². The van der Waals surface area contributed by atoms with Crippen molar-refractivity contribution >= 4 is 16.7 Å². The molecule has 0 aliphatic carbocycles. The lowest BCUT2D eigenvalue weighted by atomic mass is 10.3. The van der Waals surface area contributed by atoms with Crippen molar-refractivity contribution in [3.63, 3.8) is 0 Å². The molecule has 1 aromatic heterocycles. The molecule has 2 aromatic rings. The maximum absolute atomic E-state index is 8.32. The molecule has 0 aliphatic rings. The molecule has 0 N–H and O–H groups in total. The Bertz CT molecular complexity index is 493. The van der Waals surface area contributed by atoms with E-state index in [0.29, 0.717) is 5.69 Å². The molecule has 0 saturated carbocycles. The van der Waals surface area contributed by atoms with Crippen LogP contribution in [0.15, 0.2) is 23.3 Å². The second-order valence-corrected chi connectivity index (χ2v) is 2.55. The number of hydrogen-bond donors (Lipinski definition) is 0. The largest absolute Gasteiger partial charge is 0.247 e. The standard InChI is InChI=1S/C7H6N6/c1-13-7-5(9-11-8)3-2-4-6(7)10-12-13/h2-4H,1H3. The van der Waals surface area contributed by atoms with Gasteiger partial charge in [0.25, 0.3) is 0 Å². The Morgan fingerprint density at radius 2 is 2.38 bits per heavy atom. The van der Waals surface area contributed by atoms with Gasteiger partial charge in [0, 0.05) is 12.0 Å². The number of hydrogen-bond acceptors (Lipinski definition) is 3. The molecule has 0 unspecified atom stereocenters. The molecule has 0 amide bonds. The summed E-state index contributed by atoms with van der Waals surface area (Å²) < 4.78 is 1.58. The topological polar surface area (TPSA) is 79.5 Å². The number of benzene rings is 1. The average Bonchev–Trinajstić information content (AvgIpc) is 2.50. The minimum absolute atomic E-state index is 0.549. The fourth-order valence-electron chi connectivity index (χ4n) is 1.22. The van der Waals surface area contributed by atoms with Crippen LogP contribution in [0.25, 0.3) is 21.5 Å². The van der Waals surface area contributed by atoms with Crippen LogP contribution >= 0.6 is 0 Å². The van der Waals surface area contributed by atoms with Crippen LogP contribution in [-0.4, -0.2) is 15.0 Å². The van der Waals surface area contributed by atoms with E-state index in [2.05, 4.69) is 20.3 Å². The van der Waals surface area contributed by atoms with Crippen LogP contribution < -0.4 is 0 Å². The van der Waals surface area contributed by atoms with Crippen molar-refractivity contribution < 1.29 is 0 Å². The highest BCUT2D eigenvalue weighted by Gasteiger charge is 2.04. The van der Waals surface area contributed by atoms with Crippen molar-refractivity contribution in [1.29, 1.82) is 0 Å². The highest BCUT2D eigenvalue weighted by Crippen LogP contribution is 2.23. The molecule has 0 atom stereocenters. The van der Waals surface area contributed by atoms with Crippen molar-refractivity contribution in [1.82, 2.24) is 15.0 Å². The van der Waals surface area contributed by atoms with Crippen LogP contribution in [0, 0.1) is 0 Å². The quantitative estimate of drug-likeness (QED) is 0.376. The summed E-state index contributed by atoms with van der Waals surface area (Å²) in [4.78, 5) is 2.73. The molecule has 0 spiro atoms. The summed E-state index contributed by atoms with van der Waals surface area (Å²) in [6.45, 7) is 0. The summed E-state index contributed by atoms with van der Waals surface area (Å²) in [5.74, 6) is 0. The average molecular weight is 174 g/mol. The lowest BCUT2D eigenvalue weighted by Crippen LogP contribution is -1.89. The molecular weight excluding hydrogens is 168 g/mol. The number of azide groups is 1. The maximum atomic E-state index is 8.32. The minimum Gasteiger partial charge on any atom is -0.247 e. The Morgan fingerprint density at radius 3 is 3.15 bits per heavy atom. The van der Waals surface area contributed by atoms with Gasteiger partial charge in [0.2, 0.25) is 0 Å². The highest BCUT2D eigenvalue weighted by atomic mass is 15.4. The van der Waals surface area contributed by atoms with Gasteiger partial charge >= 0.3 is 0 Å². The first-order chi connectivity index (χ1) is 6.33. The molecule has 0 aliphatic heterocycles. The monoisotopic (exact) mass is 174 g/mol. The summed E-state index contributed by atoms with van der Waals surface area (Å²) in [6, 6.07) is 5.32. The van der Waals surface area contributed by atoms with Gasteiger partial charge < -0.3 is 0 Å². The first-order valence-corrected chi connectivity index (χ1v) is 3.66. The molecule has 2 rings (SSSR count). The van der Waals surface area contributed by atoms with Gasteiger partial charge in [-0.3, -0.25) is 0 Å². The van der Waals surface area contributed by atoms with Crippen molar-refractivity contribution in [3.8, 4) is 0 Å². The highest BCUT2D eigenvalue weighted by molar-refractivity contribution is 5.85. The number of rotatable bonds is 1. The lowest BCUT2D eigenvalue weighted by molar-refractivity contribution is 0.736. The normalized spacial score (nSPS) is 9.92. The third-order valence-electron chi connectivity index (χ3n) is 1.76. The molecule has 0 radical (unpaired) electrons. The van der Waals surface area contributed by atoms with Gasteiger partial charge in [-0.15, -0.1) is 5.10 Å². The smallest absolute Gasteiger partial charge is 0.113 e. The molecule has 13 heavy (non-hydrogen) atoms. The van der Waals surface area contributed by atoms with Gasteiger partial charge in [0.15, 0.2) is 0 Å². The summed E-state index contributed by atoms with van der Waals surface area (Å²) in [5.41, 5.74) is 10.3. The zero-order chi connectivity index (χ0) is 9.26. The molecule has 0 bridgehead atoms. The second kappa shape index (κ2) is 2.76. The zero-order valence-corrected chi connectivity index (χ0v) is 6.92. The third-order valence-corrected chi connectivity index (χ3v) is 1.76. The Morgan fingerprint density at radius 1 is 1.54 bits per heavy atom. The van der Waals surface area contributed by atoms with Gasteiger partial charge in [-0.25, -0.2) is 4.68 Å². The van der Waals surface area contributed by atoms with Gasteiger partial charge in [0.1, 0.15) is 5.52 Å². The van der Waals surface area contributed by atoms with Crippen LogP contribution in [0.4, 0.5) is 5.69 Å². The number of aryl methyl sites for hydroxylation is 1. The lowest BCUT2D eigenvalue weighted by Gasteiger charge is -1.94. The third kappa shape index (κ3) is 1.09. The summed E-state index contributed by atoms with van der Waals surface area (Å²) >= 11 is 0. The fourth-order valence-corrected chi connectivity index (χ4v) is 1.22. The Balaban J connectivity index is 2.87. The molecule has 64 valence electrons. The second-order valence-electron chi connectivity index (χ2n) is 2.55. The van der Waals surface area contributed by atoms with E-state index in [-0.39, 0.29) is 0 Å². The maximum Gasteiger partial charge on any atom is 0.113 e. The molecule has 1 aromatic carbocycles.